The zero-order chi connectivity index (χ0) is 5.82. The summed E-state index contributed by atoms with van der Waals surface area (Å²) in [5.74, 6) is 0. The summed E-state index contributed by atoms with van der Waals surface area (Å²) in [4.78, 5) is 0. The smallest absolute Gasteiger partial charge is 0.344 e. The zero-order valence-electron chi connectivity index (χ0n) is 5.46. The fraction of sp³-hybridized carbons (Fsp3) is 0. The van der Waals surface area contributed by atoms with Gasteiger partial charge in [0, 0.05) is 0 Å². The summed E-state index contributed by atoms with van der Waals surface area (Å²) in [5.41, 5.74) is 0.938. The van der Waals surface area contributed by atoms with Gasteiger partial charge in [-0.05, 0) is 0 Å². The maximum Gasteiger partial charge on any atom is 1.00 e. The van der Waals surface area contributed by atoms with E-state index < -0.39 is 0 Å². The van der Waals surface area contributed by atoms with E-state index in [1.54, 1.807) is 0 Å². The average molecular weight is 141 g/mol. The summed E-state index contributed by atoms with van der Waals surface area (Å²) >= 11 is 0. The first-order valence-electron chi connectivity index (χ1n) is 2.45. The van der Waals surface area contributed by atoms with Crippen LogP contribution in [0.3, 0.4) is 0 Å². The molecule has 40 valence electrons. The molecule has 0 spiro atoms. The number of benzene rings is 1. The van der Waals surface area contributed by atoms with Gasteiger partial charge in [-0.1, -0.05) is 0 Å². The van der Waals surface area contributed by atoms with Gasteiger partial charge >= 0.3 is 51.4 Å². The maximum atomic E-state index is 5.19. The van der Waals surface area contributed by atoms with Crippen LogP contribution in [0.2, 0.25) is 0 Å². The fourth-order valence-corrected chi connectivity index (χ4v) is 0.511. The Morgan fingerprint density at radius 3 is 2.56 bits per heavy atom. The van der Waals surface area contributed by atoms with Gasteiger partial charge in [0.15, 0.2) is 0 Å². The van der Waals surface area contributed by atoms with Gasteiger partial charge in [-0.25, -0.2) is 12.1 Å². The van der Waals surface area contributed by atoms with Crippen molar-refractivity contribution in [3.63, 3.8) is 0 Å². The van der Waals surface area contributed by atoms with Crippen LogP contribution in [-0.2, 0) is 0 Å². The molecule has 0 saturated carbocycles. The van der Waals surface area contributed by atoms with Crippen molar-refractivity contribution in [1.82, 2.24) is 0 Å². The van der Waals surface area contributed by atoms with Crippen molar-refractivity contribution in [2.45, 2.75) is 0 Å². The number of hydrogen-bond donors (Lipinski definition) is 0. The number of rotatable bonds is 1. The predicted octanol–water partition coefficient (Wildman–Crippen LogP) is -1.06. The molecule has 0 bridgehead atoms. The van der Waals surface area contributed by atoms with Crippen molar-refractivity contribution in [2.24, 2.45) is 0 Å². The van der Waals surface area contributed by atoms with E-state index in [1.165, 1.54) is 6.08 Å². The molecule has 0 atom stereocenters. The Morgan fingerprint density at radius 1 is 1.44 bits per heavy atom. The van der Waals surface area contributed by atoms with Crippen LogP contribution in [0.25, 0.3) is 6.08 Å². The standard InChI is InChI=1S/C8H6.K/c1-2-8-6-4-3-5-7-8;/h1-6H;/q-2;+1. The predicted molar refractivity (Wildman–Crippen MR) is 34.0 cm³/mol. The van der Waals surface area contributed by atoms with Crippen LogP contribution in [0.4, 0.5) is 0 Å². The molecule has 0 N–H and O–H groups in total. The minimum Gasteiger partial charge on any atom is -0.344 e. The normalized spacial score (nSPS) is 7.56. The van der Waals surface area contributed by atoms with Crippen LogP contribution in [0.1, 0.15) is 5.56 Å². The van der Waals surface area contributed by atoms with E-state index in [0.29, 0.717) is 0 Å². The van der Waals surface area contributed by atoms with E-state index in [9.17, 15) is 0 Å². The molecule has 1 rings (SSSR count). The first-order valence-corrected chi connectivity index (χ1v) is 2.45. The molecule has 0 amide bonds. The second-order valence-corrected chi connectivity index (χ2v) is 1.48. The second-order valence-electron chi connectivity index (χ2n) is 1.48. The van der Waals surface area contributed by atoms with Crippen molar-refractivity contribution >= 4 is 6.08 Å². The van der Waals surface area contributed by atoms with Crippen LogP contribution in [0.5, 0.6) is 0 Å². The average Bonchev–Trinajstić information content (AvgIpc) is 1.90. The van der Waals surface area contributed by atoms with E-state index >= 15 is 0 Å². The molecule has 1 heteroatoms. The molecule has 0 aliphatic carbocycles. The Balaban J connectivity index is 0.000000640. The molecule has 0 aliphatic heterocycles. The van der Waals surface area contributed by atoms with E-state index in [1.807, 2.05) is 24.3 Å². The maximum absolute atomic E-state index is 5.19. The molecule has 0 fully saturated rings. The minimum absolute atomic E-state index is 0. The Morgan fingerprint density at radius 2 is 2.22 bits per heavy atom. The molecule has 0 heterocycles. The third-order valence-electron chi connectivity index (χ3n) is 0.913. The van der Waals surface area contributed by atoms with Crippen LogP contribution in [0.15, 0.2) is 24.3 Å². The Hall–Kier alpha value is 0.596. The quantitative estimate of drug-likeness (QED) is 0.345. The van der Waals surface area contributed by atoms with Gasteiger partial charge in [0.2, 0.25) is 0 Å². The van der Waals surface area contributed by atoms with Crippen molar-refractivity contribution in [1.29, 1.82) is 0 Å². The minimum atomic E-state index is 0. The van der Waals surface area contributed by atoms with Gasteiger partial charge in [-0.3, -0.25) is 0 Å². The Kier molecular flexibility index (Phi) is 5.74. The third kappa shape index (κ3) is 3.33. The third-order valence-corrected chi connectivity index (χ3v) is 0.913. The van der Waals surface area contributed by atoms with E-state index in [4.69, 9.17) is 6.58 Å². The molecule has 0 saturated heterocycles. The molecule has 1 aromatic carbocycles. The Labute approximate surface area is 98.4 Å². The van der Waals surface area contributed by atoms with Crippen LogP contribution in [-0.4, -0.2) is 0 Å². The van der Waals surface area contributed by atoms with E-state index in [0.717, 1.165) is 5.56 Å². The molecule has 9 heavy (non-hydrogen) atoms. The summed E-state index contributed by atoms with van der Waals surface area (Å²) in [7, 11) is 0. The molecule has 0 radical (unpaired) electrons. The van der Waals surface area contributed by atoms with Crippen LogP contribution in [0, 0.1) is 12.6 Å². The summed E-state index contributed by atoms with van der Waals surface area (Å²) in [5, 5.41) is 0. The van der Waals surface area contributed by atoms with E-state index in [-0.39, 0.29) is 51.4 Å². The zero-order valence-corrected chi connectivity index (χ0v) is 8.59. The summed E-state index contributed by atoms with van der Waals surface area (Å²) < 4.78 is 0. The van der Waals surface area contributed by atoms with Crippen LogP contribution < -0.4 is 51.4 Å². The van der Waals surface area contributed by atoms with E-state index in [2.05, 4.69) is 6.07 Å². The van der Waals surface area contributed by atoms with Crippen LogP contribution >= 0.6 is 0 Å². The molecule has 0 aliphatic rings. The summed E-state index contributed by atoms with van der Waals surface area (Å²) in [6.07, 6.45) is 1.53. The molecular formula is C8H6K-. The van der Waals surface area contributed by atoms with Gasteiger partial charge in [0.1, 0.15) is 0 Å². The Bertz CT molecular complexity index is 167. The molecule has 0 aromatic heterocycles. The van der Waals surface area contributed by atoms with Gasteiger partial charge < -0.3 is 18.2 Å². The molecular weight excluding hydrogens is 135 g/mol. The van der Waals surface area contributed by atoms with Crippen molar-refractivity contribution in [2.75, 3.05) is 0 Å². The molecule has 0 unspecified atom stereocenters. The SMILES string of the molecule is [CH-]=Cc1[c-]cccc1.[K+]. The molecule has 1 aromatic rings. The molecule has 0 nitrogen and oxygen atoms in total. The number of hydrogen-bond acceptors (Lipinski definition) is 0. The van der Waals surface area contributed by atoms with Crippen molar-refractivity contribution in [3.05, 3.63) is 42.5 Å². The monoisotopic (exact) mass is 141 g/mol. The van der Waals surface area contributed by atoms with Crippen molar-refractivity contribution < 1.29 is 51.4 Å². The largest absolute Gasteiger partial charge is 1.00 e. The first-order chi connectivity index (χ1) is 3.93. The van der Waals surface area contributed by atoms with Gasteiger partial charge in [0.05, 0.1) is 0 Å². The fourth-order valence-electron chi connectivity index (χ4n) is 0.511. The first kappa shape index (κ1) is 9.60. The second kappa shape index (κ2) is 5.39. The summed E-state index contributed by atoms with van der Waals surface area (Å²) in [6, 6.07) is 10.5. The van der Waals surface area contributed by atoms with Gasteiger partial charge in [-0.2, -0.15) is 12.1 Å². The topological polar surface area (TPSA) is 0 Å². The van der Waals surface area contributed by atoms with Gasteiger partial charge in [0.25, 0.3) is 0 Å². The van der Waals surface area contributed by atoms with Crippen molar-refractivity contribution in [3.8, 4) is 0 Å². The van der Waals surface area contributed by atoms with Gasteiger partial charge in [-0.15, -0.1) is 6.07 Å². The summed E-state index contributed by atoms with van der Waals surface area (Å²) in [6.45, 7) is 5.19.